The number of aldehydes is 1. The van der Waals surface area contributed by atoms with Crippen molar-refractivity contribution >= 4 is 24.8 Å². The van der Waals surface area contributed by atoms with Crippen LogP contribution in [0.2, 0.25) is 0 Å². The fraction of sp³-hybridized carbons (Fsp3) is 0.652. The quantitative estimate of drug-likeness (QED) is 0.183. The van der Waals surface area contributed by atoms with Crippen molar-refractivity contribution in [3.63, 3.8) is 0 Å². The van der Waals surface area contributed by atoms with Crippen molar-refractivity contribution in [2.45, 2.75) is 89.9 Å². The zero-order valence-corrected chi connectivity index (χ0v) is 18.4. The molecule has 1 aromatic rings. The summed E-state index contributed by atoms with van der Waals surface area (Å²) in [4.78, 5) is 22.2. The Balaban J connectivity index is 2.00. The predicted octanol–water partition coefficient (Wildman–Crippen LogP) is 4.03. The monoisotopic (exact) mass is 439 g/mol. The van der Waals surface area contributed by atoms with E-state index in [1.54, 1.807) is 0 Å². The van der Waals surface area contributed by atoms with Gasteiger partial charge in [-0.1, -0.05) is 76.7 Å². The molecular formula is C23H36BF2NO4. The Morgan fingerprint density at radius 2 is 1.29 bits per heavy atom. The van der Waals surface area contributed by atoms with Gasteiger partial charge in [0.15, 0.2) is 11.6 Å². The first-order valence-electron chi connectivity index (χ1n) is 11.5. The lowest BCUT2D eigenvalue weighted by Crippen LogP contribution is -2.35. The van der Waals surface area contributed by atoms with E-state index >= 15 is 0 Å². The molecule has 0 aromatic heterocycles. The van der Waals surface area contributed by atoms with E-state index in [2.05, 4.69) is 5.32 Å². The summed E-state index contributed by atoms with van der Waals surface area (Å²) in [6.45, 7) is 0.386. The minimum Gasteiger partial charge on any atom is -0.423 e. The highest BCUT2D eigenvalue weighted by atomic mass is 19.2. The minimum atomic E-state index is -2.13. The second-order valence-corrected chi connectivity index (χ2v) is 8.01. The fourth-order valence-electron chi connectivity index (χ4n) is 3.53. The van der Waals surface area contributed by atoms with Crippen LogP contribution >= 0.6 is 0 Å². The summed E-state index contributed by atoms with van der Waals surface area (Å²) in [6, 6.07) is 2.05. The smallest absolute Gasteiger partial charge is 0.423 e. The number of hydrogen-bond acceptors (Lipinski definition) is 4. The lowest BCUT2D eigenvalue weighted by molar-refractivity contribution is -0.107. The summed E-state index contributed by atoms with van der Waals surface area (Å²) >= 11 is 0. The van der Waals surface area contributed by atoms with E-state index in [0.29, 0.717) is 13.0 Å². The van der Waals surface area contributed by atoms with Crippen LogP contribution in [0.15, 0.2) is 12.1 Å². The molecule has 0 bridgehead atoms. The Morgan fingerprint density at radius 1 is 0.806 bits per heavy atom. The molecule has 0 heterocycles. The van der Waals surface area contributed by atoms with Crippen LogP contribution in [0, 0.1) is 11.6 Å². The minimum absolute atomic E-state index is 0.386. The highest BCUT2D eigenvalue weighted by Crippen LogP contribution is 2.13. The number of carbonyl (C=O) groups excluding carboxylic acids is 2. The van der Waals surface area contributed by atoms with Gasteiger partial charge >= 0.3 is 7.12 Å². The van der Waals surface area contributed by atoms with Crippen LogP contribution in [0.3, 0.4) is 0 Å². The van der Waals surface area contributed by atoms with E-state index < -0.39 is 35.7 Å². The average molecular weight is 439 g/mol. The van der Waals surface area contributed by atoms with Gasteiger partial charge in [-0.2, -0.15) is 0 Å². The molecule has 1 amide bonds. The second kappa shape index (κ2) is 16.8. The Labute approximate surface area is 184 Å². The number of benzene rings is 1. The molecule has 1 aromatic carbocycles. The van der Waals surface area contributed by atoms with E-state index in [9.17, 15) is 18.4 Å². The zero-order valence-electron chi connectivity index (χ0n) is 18.4. The number of amides is 1. The van der Waals surface area contributed by atoms with Gasteiger partial charge in [0.25, 0.3) is 5.91 Å². The van der Waals surface area contributed by atoms with Crippen molar-refractivity contribution < 1.29 is 28.4 Å². The van der Waals surface area contributed by atoms with Gasteiger partial charge in [0.1, 0.15) is 6.29 Å². The number of hydrogen-bond donors (Lipinski definition) is 3. The molecule has 5 nitrogen and oxygen atoms in total. The lowest BCUT2D eigenvalue weighted by atomic mass is 9.79. The molecule has 0 unspecified atom stereocenters. The summed E-state index contributed by atoms with van der Waals surface area (Å²) in [5, 5.41) is 20.5. The van der Waals surface area contributed by atoms with E-state index in [1.807, 2.05) is 0 Å². The van der Waals surface area contributed by atoms with E-state index in [0.717, 1.165) is 56.9 Å². The molecule has 31 heavy (non-hydrogen) atoms. The second-order valence-electron chi connectivity index (χ2n) is 8.01. The number of unbranched alkanes of at least 4 members (excludes halogenated alkanes) is 13. The molecule has 0 saturated heterocycles. The van der Waals surface area contributed by atoms with Gasteiger partial charge < -0.3 is 20.2 Å². The number of carbonyl (C=O) groups is 2. The molecule has 0 aliphatic carbocycles. The third kappa shape index (κ3) is 11.4. The van der Waals surface area contributed by atoms with Gasteiger partial charge in [-0.15, -0.1) is 0 Å². The maximum atomic E-state index is 13.9. The molecule has 3 N–H and O–H groups in total. The molecule has 0 aliphatic heterocycles. The van der Waals surface area contributed by atoms with Gasteiger partial charge in [0.2, 0.25) is 0 Å². The van der Waals surface area contributed by atoms with Gasteiger partial charge in [0, 0.05) is 18.4 Å². The molecule has 0 radical (unpaired) electrons. The zero-order chi connectivity index (χ0) is 22.9. The SMILES string of the molecule is O=CCCCCCCCCCCCCCCCNC(=O)c1ccc(B(O)O)c(F)c1F. The molecule has 0 spiro atoms. The first-order valence-corrected chi connectivity index (χ1v) is 11.5. The van der Waals surface area contributed by atoms with Crippen LogP contribution < -0.4 is 10.8 Å². The molecule has 0 aliphatic rings. The maximum Gasteiger partial charge on any atom is 0.491 e. The Hall–Kier alpha value is -1.80. The summed E-state index contributed by atoms with van der Waals surface area (Å²) in [5.41, 5.74) is -1.04. The topological polar surface area (TPSA) is 86.6 Å². The van der Waals surface area contributed by atoms with Crippen LogP contribution in [0.1, 0.15) is 100 Å². The summed E-state index contributed by atoms with van der Waals surface area (Å²) < 4.78 is 27.6. The third-order valence-corrected chi connectivity index (χ3v) is 5.42. The van der Waals surface area contributed by atoms with Crippen molar-refractivity contribution in [3.05, 3.63) is 29.3 Å². The highest BCUT2D eigenvalue weighted by molar-refractivity contribution is 6.58. The van der Waals surface area contributed by atoms with E-state index in [4.69, 9.17) is 10.0 Å². The summed E-state index contributed by atoms with van der Waals surface area (Å²) in [6.07, 6.45) is 16.6. The van der Waals surface area contributed by atoms with Gasteiger partial charge in [-0.05, 0) is 18.9 Å². The van der Waals surface area contributed by atoms with E-state index in [-0.39, 0.29) is 0 Å². The number of rotatable bonds is 18. The summed E-state index contributed by atoms with van der Waals surface area (Å²) in [7, 11) is -2.13. The Morgan fingerprint density at radius 3 is 1.77 bits per heavy atom. The van der Waals surface area contributed by atoms with E-state index in [1.165, 1.54) is 44.9 Å². The molecule has 0 fully saturated rings. The van der Waals surface area contributed by atoms with Gasteiger partial charge in [-0.25, -0.2) is 8.78 Å². The Kier molecular flexibility index (Phi) is 14.8. The van der Waals surface area contributed by atoms with Crippen molar-refractivity contribution in [3.8, 4) is 0 Å². The van der Waals surface area contributed by atoms with Crippen LogP contribution in [-0.2, 0) is 4.79 Å². The van der Waals surface area contributed by atoms with Crippen molar-refractivity contribution in [1.29, 1.82) is 0 Å². The van der Waals surface area contributed by atoms with Gasteiger partial charge in [-0.3, -0.25) is 4.79 Å². The normalized spacial score (nSPS) is 10.8. The third-order valence-electron chi connectivity index (χ3n) is 5.42. The molecule has 0 atom stereocenters. The first kappa shape index (κ1) is 27.2. The standard InChI is InChI=1S/C23H36BF2NO4/c25-21-19(15-16-20(22(21)26)24(30)31)23(29)27-17-13-11-9-7-5-3-1-2-4-6-8-10-12-14-18-28/h15-16,18,30-31H,1-14,17H2,(H,27,29). The molecule has 0 saturated carbocycles. The summed E-state index contributed by atoms with van der Waals surface area (Å²) in [5.74, 6) is -3.50. The highest BCUT2D eigenvalue weighted by Gasteiger charge is 2.23. The van der Waals surface area contributed by atoms with Crippen LogP contribution in [0.5, 0.6) is 0 Å². The van der Waals surface area contributed by atoms with Crippen LogP contribution in [0.4, 0.5) is 8.78 Å². The average Bonchev–Trinajstić information content (AvgIpc) is 2.74. The number of nitrogens with one attached hydrogen (secondary N) is 1. The van der Waals surface area contributed by atoms with Gasteiger partial charge in [0.05, 0.1) is 5.56 Å². The van der Waals surface area contributed by atoms with Crippen molar-refractivity contribution in [1.82, 2.24) is 5.32 Å². The molecule has 8 heteroatoms. The Bertz CT molecular complexity index is 659. The molecule has 1 rings (SSSR count). The fourth-order valence-corrected chi connectivity index (χ4v) is 3.53. The predicted molar refractivity (Wildman–Crippen MR) is 119 cm³/mol. The molecule has 174 valence electrons. The number of halogens is 2. The van der Waals surface area contributed by atoms with Crippen LogP contribution in [-0.4, -0.2) is 35.9 Å². The van der Waals surface area contributed by atoms with Crippen molar-refractivity contribution in [2.75, 3.05) is 6.54 Å². The van der Waals surface area contributed by atoms with Crippen LogP contribution in [0.25, 0.3) is 0 Å². The first-order chi connectivity index (χ1) is 15.0. The lowest BCUT2D eigenvalue weighted by Gasteiger charge is -2.09. The van der Waals surface area contributed by atoms with Crippen molar-refractivity contribution in [2.24, 2.45) is 0 Å². The maximum absolute atomic E-state index is 13.9. The molecular weight excluding hydrogens is 403 g/mol. The largest absolute Gasteiger partial charge is 0.491 e.